The summed E-state index contributed by atoms with van der Waals surface area (Å²) in [6.45, 7) is 10.7. The standard InChI is InChI=1S/C12H27N3.HI/c1-5-6-9-14-11(13)15-10-7-8-12(2,3)4;/h5-10H2,1-4H3,(H3,13,14,15);1H. The lowest BCUT2D eigenvalue weighted by molar-refractivity contribution is 0.368. The maximum atomic E-state index is 5.70. The average Bonchev–Trinajstić information content (AvgIpc) is 2.11. The minimum atomic E-state index is 0. The molecular formula is C12H28IN3. The summed E-state index contributed by atoms with van der Waals surface area (Å²) in [7, 11) is 0. The van der Waals surface area contributed by atoms with Crippen LogP contribution in [0.15, 0.2) is 4.99 Å². The Balaban J connectivity index is 0. The molecule has 0 aromatic heterocycles. The number of hydrogen-bond donors (Lipinski definition) is 2. The molecule has 0 spiro atoms. The van der Waals surface area contributed by atoms with Crippen LogP contribution in [-0.4, -0.2) is 19.0 Å². The Labute approximate surface area is 118 Å². The summed E-state index contributed by atoms with van der Waals surface area (Å²) in [4.78, 5) is 4.28. The van der Waals surface area contributed by atoms with Crippen LogP contribution < -0.4 is 11.1 Å². The van der Waals surface area contributed by atoms with Crippen molar-refractivity contribution in [1.29, 1.82) is 0 Å². The van der Waals surface area contributed by atoms with Crippen molar-refractivity contribution in [2.24, 2.45) is 16.1 Å². The van der Waals surface area contributed by atoms with E-state index in [0.29, 0.717) is 11.4 Å². The molecule has 3 nitrogen and oxygen atoms in total. The summed E-state index contributed by atoms with van der Waals surface area (Å²) in [6, 6.07) is 0. The smallest absolute Gasteiger partial charge is 0.188 e. The fourth-order valence-electron chi connectivity index (χ4n) is 1.26. The monoisotopic (exact) mass is 341 g/mol. The summed E-state index contributed by atoms with van der Waals surface area (Å²) in [5, 5.41) is 3.11. The maximum absolute atomic E-state index is 5.70. The van der Waals surface area contributed by atoms with E-state index < -0.39 is 0 Å². The van der Waals surface area contributed by atoms with Gasteiger partial charge in [-0.3, -0.25) is 4.99 Å². The van der Waals surface area contributed by atoms with Crippen LogP contribution in [-0.2, 0) is 0 Å². The first kappa shape index (κ1) is 18.4. The Bertz CT molecular complexity index is 185. The van der Waals surface area contributed by atoms with E-state index in [0.717, 1.165) is 25.9 Å². The molecule has 0 saturated carbocycles. The number of rotatable bonds is 6. The number of guanidine groups is 1. The van der Waals surface area contributed by atoms with E-state index in [-0.39, 0.29) is 24.0 Å². The second-order valence-corrected chi connectivity index (χ2v) is 5.21. The zero-order valence-corrected chi connectivity index (χ0v) is 13.5. The van der Waals surface area contributed by atoms with E-state index in [1.807, 2.05) is 0 Å². The van der Waals surface area contributed by atoms with Gasteiger partial charge in [0, 0.05) is 13.1 Å². The van der Waals surface area contributed by atoms with E-state index >= 15 is 0 Å². The van der Waals surface area contributed by atoms with Crippen molar-refractivity contribution in [1.82, 2.24) is 5.32 Å². The van der Waals surface area contributed by atoms with Gasteiger partial charge in [-0.15, -0.1) is 24.0 Å². The van der Waals surface area contributed by atoms with Crippen LogP contribution in [0.3, 0.4) is 0 Å². The van der Waals surface area contributed by atoms with Gasteiger partial charge in [-0.2, -0.15) is 0 Å². The van der Waals surface area contributed by atoms with E-state index in [1.54, 1.807) is 0 Å². The molecule has 0 aromatic carbocycles. The number of halogens is 1. The molecule has 0 radical (unpaired) electrons. The molecule has 0 saturated heterocycles. The number of aliphatic imine (C=N–C) groups is 1. The molecule has 98 valence electrons. The molecule has 0 amide bonds. The second-order valence-electron chi connectivity index (χ2n) is 5.21. The summed E-state index contributed by atoms with van der Waals surface area (Å²) >= 11 is 0. The topological polar surface area (TPSA) is 50.4 Å². The van der Waals surface area contributed by atoms with Gasteiger partial charge in [0.25, 0.3) is 0 Å². The van der Waals surface area contributed by atoms with Crippen LogP contribution >= 0.6 is 24.0 Å². The first-order valence-corrected chi connectivity index (χ1v) is 5.99. The maximum Gasteiger partial charge on any atom is 0.188 e. The number of nitrogens with two attached hydrogens (primary N) is 1. The summed E-state index contributed by atoms with van der Waals surface area (Å²) < 4.78 is 0. The zero-order chi connectivity index (χ0) is 11.7. The number of nitrogens with one attached hydrogen (secondary N) is 1. The van der Waals surface area contributed by atoms with E-state index in [2.05, 4.69) is 38.0 Å². The molecule has 0 heterocycles. The Kier molecular flexibility index (Phi) is 11.7. The highest BCUT2D eigenvalue weighted by Gasteiger charge is 2.08. The lowest BCUT2D eigenvalue weighted by Crippen LogP contribution is -2.32. The van der Waals surface area contributed by atoms with Gasteiger partial charge in [-0.05, 0) is 24.7 Å². The molecule has 0 rings (SSSR count). The average molecular weight is 341 g/mol. The van der Waals surface area contributed by atoms with Crippen molar-refractivity contribution in [2.45, 2.75) is 53.4 Å². The molecule has 4 heteroatoms. The van der Waals surface area contributed by atoms with Crippen LogP contribution in [0, 0.1) is 5.41 Å². The molecule has 0 atom stereocenters. The lowest BCUT2D eigenvalue weighted by Gasteiger charge is -2.16. The largest absolute Gasteiger partial charge is 0.370 e. The fraction of sp³-hybridized carbons (Fsp3) is 0.917. The normalized spacial score (nSPS) is 12.1. The number of nitrogens with zero attached hydrogens (tertiary/aromatic N) is 1. The third-order valence-corrected chi connectivity index (χ3v) is 2.20. The van der Waals surface area contributed by atoms with Crippen molar-refractivity contribution in [3.05, 3.63) is 0 Å². The predicted molar refractivity (Wildman–Crippen MR) is 83.5 cm³/mol. The molecule has 0 unspecified atom stereocenters. The minimum absolute atomic E-state index is 0. The molecule has 0 aliphatic rings. The SMILES string of the molecule is CCCCNC(N)=NCCCC(C)(C)C.I. The van der Waals surface area contributed by atoms with Gasteiger partial charge >= 0.3 is 0 Å². The Hall–Kier alpha value is 0. The van der Waals surface area contributed by atoms with Crippen LogP contribution in [0.2, 0.25) is 0 Å². The van der Waals surface area contributed by atoms with Crippen molar-refractivity contribution in [2.75, 3.05) is 13.1 Å². The predicted octanol–water partition coefficient (Wildman–Crippen LogP) is 3.14. The van der Waals surface area contributed by atoms with E-state index in [1.165, 1.54) is 12.8 Å². The molecule has 16 heavy (non-hydrogen) atoms. The number of unbranched alkanes of at least 4 members (excludes halogenated alkanes) is 1. The van der Waals surface area contributed by atoms with E-state index in [4.69, 9.17) is 5.73 Å². The minimum Gasteiger partial charge on any atom is -0.370 e. The first-order chi connectivity index (χ1) is 6.95. The van der Waals surface area contributed by atoms with Crippen molar-refractivity contribution in [3.63, 3.8) is 0 Å². The van der Waals surface area contributed by atoms with E-state index in [9.17, 15) is 0 Å². The Morgan fingerprint density at radius 2 is 1.88 bits per heavy atom. The third-order valence-electron chi connectivity index (χ3n) is 2.20. The molecule has 0 bridgehead atoms. The van der Waals surface area contributed by atoms with Crippen LogP contribution in [0.5, 0.6) is 0 Å². The van der Waals surface area contributed by atoms with Crippen molar-refractivity contribution < 1.29 is 0 Å². The summed E-state index contributed by atoms with van der Waals surface area (Å²) in [5.41, 5.74) is 6.11. The highest BCUT2D eigenvalue weighted by molar-refractivity contribution is 14.0. The highest BCUT2D eigenvalue weighted by atomic mass is 127. The van der Waals surface area contributed by atoms with Gasteiger partial charge in [0.1, 0.15) is 0 Å². The molecule has 0 aliphatic heterocycles. The van der Waals surface area contributed by atoms with Crippen molar-refractivity contribution in [3.8, 4) is 0 Å². The van der Waals surface area contributed by atoms with Crippen LogP contribution in [0.1, 0.15) is 53.4 Å². The highest BCUT2D eigenvalue weighted by Crippen LogP contribution is 2.20. The zero-order valence-electron chi connectivity index (χ0n) is 11.2. The summed E-state index contributed by atoms with van der Waals surface area (Å²) in [5.74, 6) is 0.595. The molecular weight excluding hydrogens is 313 g/mol. The first-order valence-electron chi connectivity index (χ1n) is 5.99. The van der Waals surface area contributed by atoms with Crippen LogP contribution in [0.4, 0.5) is 0 Å². The van der Waals surface area contributed by atoms with Gasteiger partial charge < -0.3 is 11.1 Å². The van der Waals surface area contributed by atoms with Gasteiger partial charge in [0.05, 0.1) is 0 Å². The molecule has 3 N–H and O–H groups in total. The van der Waals surface area contributed by atoms with Gasteiger partial charge in [-0.1, -0.05) is 34.1 Å². The summed E-state index contributed by atoms with van der Waals surface area (Å²) in [6.07, 6.45) is 4.64. The molecule has 0 aliphatic carbocycles. The lowest BCUT2D eigenvalue weighted by atomic mass is 9.91. The van der Waals surface area contributed by atoms with Crippen LogP contribution in [0.25, 0.3) is 0 Å². The third kappa shape index (κ3) is 14.0. The Morgan fingerprint density at radius 1 is 1.25 bits per heavy atom. The molecule has 0 aromatic rings. The quantitative estimate of drug-likeness (QED) is 0.338. The van der Waals surface area contributed by atoms with Gasteiger partial charge in [0.15, 0.2) is 5.96 Å². The second kappa shape index (κ2) is 10.2. The molecule has 0 fully saturated rings. The number of hydrogen-bond acceptors (Lipinski definition) is 1. The fourth-order valence-corrected chi connectivity index (χ4v) is 1.26. The van der Waals surface area contributed by atoms with Crippen molar-refractivity contribution >= 4 is 29.9 Å². The Morgan fingerprint density at radius 3 is 2.38 bits per heavy atom. The van der Waals surface area contributed by atoms with Gasteiger partial charge in [-0.25, -0.2) is 0 Å². The van der Waals surface area contributed by atoms with Gasteiger partial charge in [0.2, 0.25) is 0 Å².